The summed E-state index contributed by atoms with van der Waals surface area (Å²) in [5.41, 5.74) is -1.16. The number of hydrogen-bond donors (Lipinski definition) is 1. The van der Waals surface area contributed by atoms with Gasteiger partial charge in [-0.05, 0) is 49.2 Å². The summed E-state index contributed by atoms with van der Waals surface area (Å²) in [6.45, 7) is 5.93. The number of benzene rings is 2. The molecule has 2 saturated heterocycles. The van der Waals surface area contributed by atoms with Gasteiger partial charge in [0.25, 0.3) is 5.91 Å². The number of ether oxygens (including phenoxy) is 2. The lowest BCUT2D eigenvalue weighted by Gasteiger charge is -2.41. The molecule has 2 fully saturated rings. The number of carbonyl (C=O) groups excluding carboxylic acids is 3. The van der Waals surface area contributed by atoms with Crippen molar-refractivity contribution in [2.45, 2.75) is 44.1 Å². The van der Waals surface area contributed by atoms with Crippen molar-refractivity contribution in [2.75, 3.05) is 36.6 Å². The zero-order valence-electron chi connectivity index (χ0n) is 24.3. The first kappa shape index (κ1) is 28.2. The number of fused-ring (bicyclic) bond motifs is 2. The molecule has 4 aliphatic rings. The summed E-state index contributed by atoms with van der Waals surface area (Å²) in [6, 6.07) is 14.8. The van der Waals surface area contributed by atoms with Crippen LogP contribution in [0.2, 0.25) is 0 Å². The molecule has 4 aliphatic heterocycles. The van der Waals surface area contributed by atoms with Gasteiger partial charge in [-0.3, -0.25) is 14.4 Å². The Labute approximate surface area is 246 Å². The number of likely N-dealkylation sites (tertiary alicyclic amines) is 1. The molecule has 9 nitrogen and oxygen atoms in total. The summed E-state index contributed by atoms with van der Waals surface area (Å²) in [7, 11) is 1.58. The maximum atomic E-state index is 14.7. The average molecular weight is 572 g/mol. The zero-order valence-corrected chi connectivity index (χ0v) is 24.3. The SMILES string of the molecule is COc1ccc(N2CC=C[C@]34O[C@]5(C)C=CCN(c6ccccc6)C(=O)[C@@H]5[C@H]3C(=O)N([C@@H](CO)C(C)C)C4C2=O)cc1. The monoisotopic (exact) mass is 571 g/mol. The molecule has 0 bridgehead atoms. The van der Waals surface area contributed by atoms with E-state index >= 15 is 0 Å². The van der Waals surface area contributed by atoms with Gasteiger partial charge in [0.15, 0.2) is 0 Å². The van der Waals surface area contributed by atoms with Gasteiger partial charge in [-0.15, -0.1) is 0 Å². The summed E-state index contributed by atoms with van der Waals surface area (Å²) in [6.07, 6.45) is 7.45. The van der Waals surface area contributed by atoms with Crippen LogP contribution in [0.4, 0.5) is 11.4 Å². The molecule has 0 saturated carbocycles. The lowest BCUT2D eigenvalue weighted by molar-refractivity contribution is -0.149. The number of nitrogens with zero attached hydrogens (tertiary/aromatic N) is 3. The first-order valence-electron chi connectivity index (χ1n) is 14.5. The zero-order chi connectivity index (χ0) is 29.8. The maximum Gasteiger partial charge on any atom is 0.253 e. The van der Waals surface area contributed by atoms with Gasteiger partial charge in [-0.2, -0.15) is 0 Å². The Morgan fingerprint density at radius 2 is 1.50 bits per heavy atom. The van der Waals surface area contributed by atoms with E-state index in [1.54, 1.807) is 41.2 Å². The highest BCUT2D eigenvalue weighted by molar-refractivity contribution is 6.07. The van der Waals surface area contributed by atoms with Crippen LogP contribution < -0.4 is 14.5 Å². The number of aliphatic hydroxyl groups excluding tert-OH is 1. The van der Waals surface area contributed by atoms with Crippen LogP contribution in [-0.2, 0) is 19.1 Å². The van der Waals surface area contributed by atoms with Gasteiger partial charge in [-0.1, -0.05) is 56.4 Å². The number of methoxy groups -OCH3 is 1. The highest BCUT2D eigenvalue weighted by atomic mass is 16.5. The van der Waals surface area contributed by atoms with Crippen LogP contribution in [0.25, 0.3) is 0 Å². The molecule has 2 aromatic carbocycles. The first-order valence-corrected chi connectivity index (χ1v) is 14.5. The fourth-order valence-corrected chi connectivity index (χ4v) is 7.27. The van der Waals surface area contributed by atoms with Crippen molar-refractivity contribution in [1.82, 2.24) is 4.90 Å². The third-order valence-electron chi connectivity index (χ3n) is 9.26. The number of para-hydroxylation sites is 1. The first-order chi connectivity index (χ1) is 20.2. The second-order valence-corrected chi connectivity index (χ2v) is 12.0. The fourth-order valence-electron chi connectivity index (χ4n) is 7.27. The van der Waals surface area contributed by atoms with Crippen molar-refractivity contribution in [2.24, 2.45) is 17.8 Å². The van der Waals surface area contributed by atoms with Gasteiger partial charge in [0, 0.05) is 24.5 Å². The highest BCUT2D eigenvalue weighted by Gasteiger charge is 2.75. The Kier molecular flexibility index (Phi) is 6.98. The topological polar surface area (TPSA) is 99.6 Å². The van der Waals surface area contributed by atoms with E-state index in [9.17, 15) is 19.5 Å². The molecule has 1 spiro atoms. The average Bonchev–Trinajstić information content (AvgIpc) is 3.25. The predicted octanol–water partition coefficient (Wildman–Crippen LogP) is 3.19. The molecule has 0 aromatic heterocycles. The van der Waals surface area contributed by atoms with Crippen molar-refractivity contribution in [3.63, 3.8) is 0 Å². The van der Waals surface area contributed by atoms with E-state index < -0.39 is 35.1 Å². The Morgan fingerprint density at radius 1 is 0.881 bits per heavy atom. The van der Waals surface area contributed by atoms with E-state index in [0.717, 1.165) is 5.69 Å². The fraction of sp³-hybridized carbons (Fsp3) is 0.424. The van der Waals surface area contributed by atoms with E-state index in [1.165, 1.54) is 4.90 Å². The standard InChI is InChI=1S/C33H37N3O6/c1-21(2)25(20-37)36-28-31(40)35(23-12-14-24(41-4)15-13-23)19-9-17-33(28)27(30(36)39)26-29(38)34(22-10-6-5-7-11-22)18-8-16-32(26,3)42-33/h5-17,21,25-28,37H,18-20H2,1-4H3/t25-,26-,27-,28?,32+,33-/m0/s1. The molecule has 4 heterocycles. The Bertz CT molecular complexity index is 1440. The minimum atomic E-state index is -1.41. The molecule has 6 rings (SSSR count). The molecule has 6 atom stereocenters. The molecular formula is C33H37N3O6. The molecule has 0 aliphatic carbocycles. The van der Waals surface area contributed by atoms with Crippen molar-refractivity contribution < 1.29 is 29.0 Å². The van der Waals surface area contributed by atoms with Gasteiger partial charge < -0.3 is 29.3 Å². The maximum absolute atomic E-state index is 14.7. The third kappa shape index (κ3) is 4.09. The van der Waals surface area contributed by atoms with E-state index in [0.29, 0.717) is 18.0 Å². The molecule has 42 heavy (non-hydrogen) atoms. The van der Waals surface area contributed by atoms with Crippen LogP contribution in [-0.4, -0.2) is 77.8 Å². The van der Waals surface area contributed by atoms with Gasteiger partial charge in [0.1, 0.15) is 17.4 Å². The quantitative estimate of drug-likeness (QED) is 0.535. The second-order valence-electron chi connectivity index (χ2n) is 12.0. The second kappa shape index (κ2) is 10.4. The molecule has 0 radical (unpaired) electrons. The molecule has 3 amide bonds. The number of rotatable bonds is 6. The summed E-state index contributed by atoms with van der Waals surface area (Å²) < 4.78 is 12.2. The molecule has 2 aromatic rings. The minimum Gasteiger partial charge on any atom is -0.497 e. The highest BCUT2D eigenvalue weighted by Crippen LogP contribution is 2.58. The van der Waals surface area contributed by atoms with E-state index in [-0.39, 0.29) is 36.8 Å². The summed E-state index contributed by atoms with van der Waals surface area (Å²) in [5, 5.41) is 10.5. The van der Waals surface area contributed by atoms with Crippen molar-refractivity contribution in [3.05, 3.63) is 78.9 Å². The molecule has 220 valence electrons. The van der Waals surface area contributed by atoms with Gasteiger partial charge in [0.2, 0.25) is 11.8 Å². The summed E-state index contributed by atoms with van der Waals surface area (Å²) in [4.78, 5) is 48.6. The number of carbonyl (C=O) groups is 3. The number of anilines is 2. The van der Waals surface area contributed by atoms with Crippen LogP contribution in [0.15, 0.2) is 78.9 Å². The van der Waals surface area contributed by atoms with Crippen LogP contribution in [0.3, 0.4) is 0 Å². The van der Waals surface area contributed by atoms with Gasteiger partial charge in [-0.25, -0.2) is 0 Å². The van der Waals surface area contributed by atoms with Crippen LogP contribution in [0.1, 0.15) is 20.8 Å². The van der Waals surface area contributed by atoms with E-state index in [2.05, 4.69) is 0 Å². The van der Waals surface area contributed by atoms with Gasteiger partial charge in [0.05, 0.1) is 37.2 Å². The third-order valence-corrected chi connectivity index (χ3v) is 9.26. The smallest absolute Gasteiger partial charge is 0.253 e. The summed E-state index contributed by atoms with van der Waals surface area (Å²) >= 11 is 0. The van der Waals surface area contributed by atoms with Gasteiger partial charge >= 0.3 is 0 Å². The van der Waals surface area contributed by atoms with Crippen LogP contribution in [0, 0.1) is 17.8 Å². The van der Waals surface area contributed by atoms with Crippen molar-refractivity contribution in [1.29, 1.82) is 0 Å². The molecule has 9 heteroatoms. The Morgan fingerprint density at radius 3 is 2.12 bits per heavy atom. The van der Waals surface area contributed by atoms with Crippen molar-refractivity contribution in [3.8, 4) is 5.75 Å². The number of aliphatic hydroxyl groups is 1. The molecular weight excluding hydrogens is 534 g/mol. The summed E-state index contributed by atoms with van der Waals surface area (Å²) in [5.74, 6) is -2.24. The lowest BCUT2D eigenvalue weighted by Crippen LogP contribution is -2.59. The predicted molar refractivity (Wildman–Crippen MR) is 158 cm³/mol. The molecule has 1 unspecified atom stereocenters. The Balaban J connectivity index is 1.49. The van der Waals surface area contributed by atoms with Crippen LogP contribution in [0.5, 0.6) is 5.75 Å². The largest absolute Gasteiger partial charge is 0.497 e. The van der Waals surface area contributed by atoms with E-state index in [1.807, 2.05) is 75.4 Å². The van der Waals surface area contributed by atoms with Crippen LogP contribution >= 0.6 is 0 Å². The molecule has 1 N–H and O–H groups in total. The normalized spacial score (nSPS) is 31.1. The number of hydrogen-bond acceptors (Lipinski definition) is 6. The van der Waals surface area contributed by atoms with Crippen molar-refractivity contribution >= 4 is 29.1 Å². The van der Waals surface area contributed by atoms with E-state index in [4.69, 9.17) is 9.47 Å². The Hall–Kier alpha value is -3.95. The minimum absolute atomic E-state index is 0.152. The number of amides is 3. The lowest BCUT2D eigenvalue weighted by atomic mass is 9.74.